The second-order valence-corrected chi connectivity index (χ2v) is 3.93. The number of hydrogen-bond acceptors (Lipinski definition) is 3. The first-order valence-electron chi connectivity index (χ1n) is 3.96. The van der Waals surface area contributed by atoms with Crippen LogP contribution in [0.5, 0.6) is 0 Å². The van der Waals surface area contributed by atoms with Crippen molar-refractivity contribution in [3.05, 3.63) is 11.8 Å². The van der Waals surface area contributed by atoms with Crippen molar-refractivity contribution < 1.29 is 0 Å². The Hall–Kier alpha value is -1.03. The Labute approximate surface area is 72.7 Å². The summed E-state index contributed by atoms with van der Waals surface area (Å²) in [6, 6.07) is 1.96. The lowest BCUT2D eigenvalue weighted by molar-refractivity contribution is 0.553. The highest BCUT2D eigenvalue weighted by Gasteiger charge is 2.18. The smallest absolute Gasteiger partial charge is 0.138 e. The molecule has 0 unspecified atom stereocenters. The molecule has 12 heavy (non-hydrogen) atoms. The highest BCUT2D eigenvalue weighted by Crippen LogP contribution is 2.22. The van der Waals surface area contributed by atoms with E-state index in [0.29, 0.717) is 0 Å². The van der Waals surface area contributed by atoms with Crippen LogP contribution in [-0.4, -0.2) is 9.78 Å². The molecule has 1 rings (SSSR count). The molecule has 0 saturated heterocycles. The van der Waals surface area contributed by atoms with Gasteiger partial charge in [-0.05, 0) is 0 Å². The molecule has 0 aliphatic carbocycles. The zero-order valence-electron chi connectivity index (χ0n) is 8.05. The van der Waals surface area contributed by atoms with E-state index in [1.165, 1.54) is 0 Å². The van der Waals surface area contributed by atoms with Gasteiger partial charge in [-0.2, -0.15) is 5.10 Å². The first-order chi connectivity index (χ1) is 5.45. The van der Waals surface area contributed by atoms with Crippen molar-refractivity contribution in [2.45, 2.75) is 26.2 Å². The molecule has 4 heteroatoms. The van der Waals surface area contributed by atoms with Gasteiger partial charge in [0.1, 0.15) is 5.82 Å². The van der Waals surface area contributed by atoms with Crippen LogP contribution >= 0.6 is 0 Å². The van der Waals surface area contributed by atoms with E-state index in [1.54, 1.807) is 4.68 Å². The van der Waals surface area contributed by atoms with Gasteiger partial charge in [0.25, 0.3) is 0 Å². The van der Waals surface area contributed by atoms with Gasteiger partial charge in [0.05, 0.1) is 5.69 Å². The van der Waals surface area contributed by atoms with E-state index in [2.05, 4.69) is 31.3 Å². The highest BCUT2D eigenvalue weighted by molar-refractivity contribution is 5.37. The minimum atomic E-state index is 0.0762. The minimum absolute atomic E-state index is 0.0762. The standard InChI is InChI=1S/C8H16N4/c1-8(2,3)6-5-7(10-9)12(4)11-6/h5,10H,9H2,1-4H3. The lowest BCUT2D eigenvalue weighted by atomic mass is 9.92. The lowest BCUT2D eigenvalue weighted by Crippen LogP contribution is -2.12. The van der Waals surface area contributed by atoms with Crippen LogP contribution in [0.3, 0.4) is 0 Å². The summed E-state index contributed by atoms with van der Waals surface area (Å²) in [5.74, 6) is 6.13. The summed E-state index contributed by atoms with van der Waals surface area (Å²) in [7, 11) is 1.87. The Kier molecular flexibility index (Phi) is 2.10. The zero-order valence-corrected chi connectivity index (χ0v) is 8.05. The van der Waals surface area contributed by atoms with Gasteiger partial charge in [0.2, 0.25) is 0 Å². The topological polar surface area (TPSA) is 55.9 Å². The van der Waals surface area contributed by atoms with Gasteiger partial charge in [-0.1, -0.05) is 20.8 Å². The maximum absolute atomic E-state index is 5.30. The monoisotopic (exact) mass is 168 g/mol. The van der Waals surface area contributed by atoms with Crippen molar-refractivity contribution in [3.8, 4) is 0 Å². The van der Waals surface area contributed by atoms with Crippen LogP contribution in [0, 0.1) is 0 Å². The van der Waals surface area contributed by atoms with Crippen LogP contribution < -0.4 is 11.3 Å². The van der Waals surface area contributed by atoms with Crippen LogP contribution in [0.25, 0.3) is 0 Å². The van der Waals surface area contributed by atoms with Crippen molar-refractivity contribution in [2.75, 3.05) is 5.43 Å². The number of aromatic nitrogens is 2. The molecule has 3 N–H and O–H groups in total. The van der Waals surface area contributed by atoms with E-state index in [0.717, 1.165) is 11.5 Å². The van der Waals surface area contributed by atoms with E-state index in [4.69, 9.17) is 5.84 Å². The molecule has 1 aromatic rings. The fourth-order valence-electron chi connectivity index (χ4n) is 0.969. The van der Waals surface area contributed by atoms with Crippen LogP contribution in [0.1, 0.15) is 26.5 Å². The minimum Gasteiger partial charge on any atom is -0.309 e. The van der Waals surface area contributed by atoms with Crippen molar-refractivity contribution in [2.24, 2.45) is 12.9 Å². The zero-order chi connectivity index (χ0) is 9.35. The third-order valence-electron chi connectivity index (χ3n) is 1.80. The second kappa shape index (κ2) is 2.79. The summed E-state index contributed by atoms with van der Waals surface area (Å²) >= 11 is 0. The highest BCUT2D eigenvalue weighted by atomic mass is 15.4. The van der Waals surface area contributed by atoms with Crippen LogP contribution in [0.2, 0.25) is 0 Å². The molecule has 68 valence electrons. The predicted molar refractivity (Wildman–Crippen MR) is 49.7 cm³/mol. The summed E-state index contributed by atoms with van der Waals surface area (Å²) in [6.45, 7) is 6.36. The number of hydrogen-bond donors (Lipinski definition) is 2. The number of nitrogens with one attached hydrogen (secondary N) is 1. The van der Waals surface area contributed by atoms with E-state index >= 15 is 0 Å². The number of nitrogens with two attached hydrogens (primary N) is 1. The van der Waals surface area contributed by atoms with E-state index in [1.807, 2.05) is 13.1 Å². The molecular formula is C8H16N4. The number of aryl methyl sites for hydroxylation is 1. The van der Waals surface area contributed by atoms with Gasteiger partial charge in [-0.25, -0.2) is 5.84 Å². The van der Waals surface area contributed by atoms with Gasteiger partial charge >= 0.3 is 0 Å². The van der Waals surface area contributed by atoms with Crippen LogP contribution in [0.15, 0.2) is 6.07 Å². The normalized spacial score (nSPS) is 11.8. The van der Waals surface area contributed by atoms with Crippen LogP contribution in [0.4, 0.5) is 5.82 Å². The SMILES string of the molecule is Cn1nc(C(C)(C)C)cc1NN. The second-order valence-electron chi connectivity index (χ2n) is 3.93. The van der Waals surface area contributed by atoms with E-state index in [9.17, 15) is 0 Å². The third kappa shape index (κ3) is 1.58. The van der Waals surface area contributed by atoms with Crippen LogP contribution in [-0.2, 0) is 12.5 Å². The van der Waals surface area contributed by atoms with Crippen molar-refractivity contribution in [3.63, 3.8) is 0 Å². The molecule has 1 aromatic heterocycles. The Morgan fingerprint density at radius 3 is 2.33 bits per heavy atom. The fourth-order valence-corrected chi connectivity index (χ4v) is 0.969. The molecule has 1 heterocycles. The maximum Gasteiger partial charge on any atom is 0.138 e. The van der Waals surface area contributed by atoms with Gasteiger partial charge in [-0.15, -0.1) is 0 Å². The molecule has 0 amide bonds. The molecule has 0 aliphatic heterocycles. The molecular weight excluding hydrogens is 152 g/mol. The molecule has 0 radical (unpaired) electrons. The Morgan fingerprint density at radius 2 is 2.08 bits per heavy atom. The van der Waals surface area contributed by atoms with Crippen molar-refractivity contribution in [1.29, 1.82) is 0 Å². The molecule has 0 aliphatic rings. The number of hydrazine groups is 1. The molecule has 0 spiro atoms. The average Bonchev–Trinajstić information content (AvgIpc) is 2.29. The van der Waals surface area contributed by atoms with Gasteiger partial charge in [0.15, 0.2) is 0 Å². The molecule has 0 fully saturated rings. The lowest BCUT2D eigenvalue weighted by Gasteiger charge is -2.13. The molecule has 4 nitrogen and oxygen atoms in total. The molecule has 0 saturated carbocycles. The summed E-state index contributed by atoms with van der Waals surface area (Å²) in [6.07, 6.45) is 0. The van der Waals surface area contributed by atoms with Gasteiger partial charge in [0, 0.05) is 18.5 Å². The van der Waals surface area contributed by atoms with E-state index in [-0.39, 0.29) is 5.41 Å². The summed E-state index contributed by atoms with van der Waals surface area (Å²) in [4.78, 5) is 0. The Balaban J connectivity index is 3.05. The number of nitrogen functional groups attached to an aromatic ring is 1. The van der Waals surface area contributed by atoms with Crippen molar-refractivity contribution in [1.82, 2.24) is 9.78 Å². The van der Waals surface area contributed by atoms with E-state index < -0.39 is 0 Å². The van der Waals surface area contributed by atoms with Gasteiger partial charge < -0.3 is 5.43 Å². The van der Waals surface area contributed by atoms with Crippen molar-refractivity contribution >= 4 is 5.82 Å². The summed E-state index contributed by atoms with van der Waals surface area (Å²) < 4.78 is 1.74. The Bertz CT molecular complexity index is 269. The molecule has 0 atom stereocenters. The van der Waals surface area contributed by atoms with Gasteiger partial charge in [-0.3, -0.25) is 4.68 Å². The quantitative estimate of drug-likeness (QED) is 0.486. The maximum atomic E-state index is 5.30. The number of anilines is 1. The molecule has 0 aromatic carbocycles. The summed E-state index contributed by atoms with van der Waals surface area (Å²) in [5, 5.41) is 4.33. The largest absolute Gasteiger partial charge is 0.309 e. The first-order valence-corrected chi connectivity index (χ1v) is 3.96. The number of nitrogens with zero attached hydrogens (tertiary/aromatic N) is 2. The number of rotatable bonds is 1. The summed E-state index contributed by atoms with van der Waals surface area (Å²) in [5.41, 5.74) is 3.70. The predicted octanol–water partition coefficient (Wildman–Crippen LogP) is 1.00. The Morgan fingerprint density at radius 1 is 1.50 bits per heavy atom. The fraction of sp³-hybridized carbons (Fsp3) is 0.625. The first kappa shape index (κ1) is 9.06. The molecule has 0 bridgehead atoms. The average molecular weight is 168 g/mol. The third-order valence-corrected chi connectivity index (χ3v) is 1.80.